The summed E-state index contributed by atoms with van der Waals surface area (Å²) in [7, 11) is 1.77. The first kappa shape index (κ1) is 11.0. The Kier molecular flexibility index (Phi) is 3.10. The Morgan fingerprint density at radius 3 is 3.00 bits per heavy atom. The zero-order valence-electron chi connectivity index (χ0n) is 9.22. The van der Waals surface area contributed by atoms with Crippen LogP contribution in [-0.4, -0.2) is 35.6 Å². The molecular formula is C12H15NO3. The van der Waals surface area contributed by atoms with Crippen LogP contribution in [0, 0.1) is 0 Å². The van der Waals surface area contributed by atoms with E-state index in [4.69, 9.17) is 9.84 Å². The molecule has 1 unspecified atom stereocenters. The number of aliphatic hydroxyl groups excluding tert-OH is 1. The Morgan fingerprint density at radius 1 is 1.56 bits per heavy atom. The fourth-order valence-electron chi connectivity index (χ4n) is 1.78. The van der Waals surface area contributed by atoms with Gasteiger partial charge in [-0.05, 0) is 17.7 Å². The van der Waals surface area contributed by atoms with Crippen LogP contribution in [0.3, 0.4) is 0 Å². The molecule has 0 spiro atoms. The molecule has 1 atom stereocenters. The van der Waals surface area contributed by atoms with Crippen molar-refractivity contribution in [3.8, 4) is 5.75 Å². The molecule has 1 N–H and O–H groups in total. The normalized spacial score (nSPS) is 20.2. The van der Waals surface area contributed by atoms with Crippen molar-refractivity contribution in [1.29, 1.82) is 0 Å². The lowest BCUT2D eigenvalue weighted by Gasteiger charge is -2.13. The Bertz CT molecular complexity index is 392. The van der Waals surface area contributed by atoms with Gasteiger partial charge in [0.05, 0.1) is 6.61 Å². The number of rotatable bonds is 3. The third kappa shape index (κ3) is 2.17. The maximum Gasteiger partial charge on any atom is 0.263 e. The zero-order valence-corrected chi connectivity index (χ0v) is 9.22. The molecular weight excluding hydrogens is 206 g/mol. The first-order valence-electron chi connectivity index (χ1n) is 5.32. The lowest BCUT2D eigenvalue weighted by molar-refractivity contribution is -0.132. The average Bonchev–Trinajstić information content (AvgIpc) is 2.61. The Hall–Kier alpha value is -1.55. The van der Waals surface area contributed by atoms with Gasteiger partial charge in [0, 0.05) is 20.0 Å². The highest BCUT2D eigenvalue weighted by atomic mass is 16.5. The highest BCUT2D eigenvalue weighted by molar-refractivity contribution is 5.83. The summed E-state index contributed by atoms with van der Waals surface area (Å²) in [5.74, 6) is 0.662. The number of likely N-dealkylation sites (tertiary alicyclic amines) is 1. The minimum absolute atomic E-state index is 0.0181. The van der Waals surface area contributed by atoms with E-state index in [1.54, 1.807) is 24.1 Å². The highest BCUT2D eigenvalue weighted by Crippen LogP contribution is 2.19. The van der Waals surface area contributed by atoms with Crippen molar-refractivity contribution in [2.24, 2.45) is 0 Å². The number of hydrogen-bond donors (Lipinski definition) is 1. The minimum Gasteiger partial charge on any atom is -0.481 e. The summed E-state index contributed by atoms with van der Waals surface area (Å²) >= 11 is 0. The molecule has 0 aromatic heterocycles. The van der Waals surface area contributed by atoms with E-state index in [1.807, 2.05) is 12.1 Å². The largest absolute Gasteiger partial charge is 0.481 e. The Morgan fingerprint density at radius 2 is 2.38 bits per heavy atom. The molecule has 1 amide bonds. The van der Waals surface area contributed by atoms with Gasteiger partial charge >= 0.3 is 0 Å². The van der Waals surface area contributed by atoms with Crippen molar-refractivity contribution in [3.63, 3.8) is 0 Å². The lowest BCUT2D eigenvalue weighted by atomic mass is 10.2. The number of hydrogen-bond acceptors (Lipinski definition) is 3. The Balaban J connectivity index is 2.06. The Labute approximate surface area is 94.4 Å². The molecule has 1 saturated heterocycles. The predicted octanol–water partition coefficient (Wildman–Crippen LogP) is 0.788. The molecule has 0 saturated carbocycles. The molecule has 1 fully saturated rings. The monoisotopic (exact) mass is 221 g/mol. The van der Waals surface area contributed by atoms with Crippen LogP contribution in [-0.2, 0) is 11.4 Å². The van der Waals surface area contributed by atoms with E-state index >= 15 is 0 Å². The smallest absolute Gasteiger partial charge is 0.263 e. The van der Waals surface area contributed by atoms with Gasteiger partial charge in [0.2, 0.25) is 0 Å². The SMILES string of the molecule is CN1CCC(Oc2cccc(CO)c2)C1=O. The fraction of sp³-hybridized carbons (Fsp3) is 0.417. The highest BCUT2D eigenvalue weighted by Gasteiger charge is 2.30. The standard InChI is InChI=1S/C12H15NO3/c1-13-6-5-11(12(13)15)16-10-4-2-3-9(7-10)8-14/h2-4,7,11,14H,5-6,8H2,1H3. The number of aliphatic hydroxyl groups is 1. The minimum atomic E-state index is -0.376. The van der Waals surface area contributed by atoms with Crippen molar-refractivity contribution in [3.05, 3.63) is 29.8 Å². The summed E-state index contributed by atoms with van der Waals surface area (Å²) in [5, 5.41) is 8.99. The van der Waals surface area contributed by atoms with Gasteiger partial charge in [-0.1, -0.05) is 12.1 Å². The van der Waals surface area contributed by atoms with Gasteiger partial charge in [-0.3, -0.25) is 4.79 Å². The first-order valence-corrected chi connectivity index (χ1v) is 5.32. The summed E-state index contributed by atoms with van der Waals surface area (Å²) in [6, 6.07) is 7.18. The molecule has 2 rings (SSSR count). The van der Waals surface area contributed by atoms with Gasteiger partial charge in [-0.25, -0.2) is 0 Å². The van der Waals surface area contributed by atoms with E-state index in [-0.39, 0.29) is 18.6 Å². The van der Waals surface area contributed by atoms with E-state index in [0.717, 1.165) is 18.5 Å². The number of likely N-dealkylation sites (N-methyl/N-ethyl adjacent to an activating group) is 1. The molecule has 1 aromatic rings. The summed E-state index contributed by atoms with van der Waals surface area (Å²) < 4.78 is 5.60. The number of carbonyl (C=O) groups is 1. The quantitative estimate of drug-likeness (QED) is 0.821. The molecule has 86 valence electrons. The molecule has 0 aliphatic carbocycles. The van der Waals surface area contributed by atoms with Crippen molar-refractivity contribution in [1.82, 2.24) is 4.90 Å². The van der Waals surface area contributed by atoms with Crippen LogP contribution in [0.1, 0.15) is 12.0 Å². The third-order valence-corrected chi connectivity index (χ3v) is 2.74. The second kappa shape index (κ2) is 4.53. The van der Waals surface area contributed by atoms with Crippen molar-refractivity contribution < 1.29 is 14.6 Å². The van der Waals surface area contributed by atoms with Crippen molar-refractivity contribution in [2.45, 2.75) is 19.1 Å². The van der Waals surface area contributed by atoms with Crippen LogP contribution in [0.2, 0.25) is 0 Å². The third-order valence-electron chi connectivity index (χ3n) is 2.74. The molecule has 0 bridgehead atoms. The molecule has 16 heavy (non-hydrogen) atoms. The molecule has 1 aliphatic heterocycles. The molecule has 1 aliphatic rings. The van der Waals surface area contributed by atoms with E-state index < -0.39 is 0 Å². The van der Waals surface area contributed by atoms with Crippen LogP contribution in [0.5, 0.6) is 5.75 Å². The molecule has 1 aromatic carbocycles. The van der Waals surface area contributed by atoms with Gasteiger partial charge in [0.25, 0.3) is 5.91 Å². The van der Waals surface area contributed by atoms with Gasteiger partial charge in [-0.2, -0.15) is 0 Å². The van der Waals surface area contributed by atoms with Gasteiger partial charge in [0.1, 0.15) is 5.75 Å². The lowest BCUT2D eigenvalue weighted by Crippen LogP contribution is -2.29. The molecule has 4 heteroatoms. The van der Waals surface area contributed by atoms with E-state index in [1.165, 1.54) is 0 Å². The molecule has 0 radical (unpaired) electrons. The maximum absolute atomic E-state index is 11.6. The number of carbonyl (C=O) groups excluding carboxylic acids is 1. The van der Waals surface area contributed by atoms with Crippen molar-refractivity contribution in [2.75, 3.05) is 13.6 Å². The van der Waals surface area contributed by atoms with Gasteiger partial charge in [-0.15, -0.1) is 0 Å². The number of ether oxygens (including phenoxy) is 1. The summed E-state index contributed by atoms with van der Waals surface area (Å²) in [6.45, 7) is 0.721. The van der Waals surface area contributed by atoms with Crippen LogP contribution in [0.15, 0.2) is 24.3 Å². The maximum atomic E-state index is 11.6. The van der Waals surface area contributed by atoms with Crippen LogP contribution < -0.4 is 4.74 Å². The predicted molar refractivity (Wildman–Crippen MR) is 59.0 cm³/mol. The van der Waals surface area contributed by atoms with Crippen molar-refractivity contribution >= 4 is 5.91 Å². The summed E-state index contributed by atoms with van der Waals surface area (Å²) in [5.41, 5.74) is 0.788. The summed E-state index contributed by atoms with van der Waals surface area (Å²) in [4.78, 5) is 13.3. The number of nitrogens with zero attached hydrogens (tertiary/aromatic N) is 1. The van der Waals surface area contributed by atoms with Gasteiger partial charge < -0.3 is 14.7 Å². The molecule has 1 heterocycles. The van der Waals surface area contributed by atoms with E-state index in [2.05, 4.69) is 0 Å². The summed E-state index contributed by atoms with van der Waals surface area (Å²) in [6.07, 6.45) is 0.345. The zero-order chi connectivity index (χ0) is 11.5. The topological polar surface area (TPSA) is 49.8 Å². The van der Waals surface area contributed by atoms with Crippen LogP contribution in [0.25, 0.3) is 0 Å². The second-order valence-electron chi connectivity index (χ2n) is 3.96. The first-order chi connectivity index (χ1) is 7.70. The number of amides is 1. The van der Waals surface area contributed by atoms with E-state index in [0.29, 0.717) is 5.75 Å². The van der Waals surface area contributed by atoms with E-state index in [9.17, 15) is 4.79 Å². The van der Waals surface area contributed by atoms with Crippen LogP contribution in [0.4, 0.5) is 0 Å². The fourth-order valence-corrected chi connectivity index (χ4v) is 1.78. The van der Waals surface area contributed by atoms with Crippen LogP contribution >= 0.6 is 0 Å². The molecule has 4 nitrogen and oxygen atoms in total. The average molecular weight is 221 g/mol. The van der Waals surface area contributed by atoms with Gasteiger partial charge in [0.15, 0.2) is 6.10 Å². The second-order valence-corrected chi connectivity index (χ2v) is 3.96. The number of benzene rings is 1.